The number of nitrogens with zero attached hydrogens (tertiary/aromatic N) is 2. The van der Waals surface area contributed by atoms with Gasteiger partial charge in [0.05, 0.1) is 16.4 Å². The first kappa shape index (κ1) is 22.3. The minimum Gasteiger partial charge on any atom is -0.381 e. The smallest absolute Gasteiger partial charge is 0.261 e. The van der Waals surface area contributed by atoms with E-state index in [1.807, 2.05) is 13.0 Å². The fraction of sp³-hybridized carbons (Fsp3) is 0.480. The monoisotopic (exact) mass is 466 g/mol. The van der Waals surface area contributed by atoms with E-state index < -0.39 is 0 Å². The van der Waals surface area contributed by atoms with E-state index in [-0.39, 0.29) is 17.4 Å². The van der Waals surface area contributed by atoms with Gasteiger partial charge in [0.1, 0.15) is 17.0 Å². The molecule has 1 amide bonds. The van der Waals surface area contributed by atoms with Crippen LogP contribution in [-0.4, -0.2) is 54.9 Å². The number of thiophene rings is 1. The standard InChI is InChI=1S/C25H30N4O3S/c1-17-20-22(26-14-19-8-5-11-32-19)28-16-29-24(20)33-21(17)23(30)27-15-25(9-12-31-13-10-25)18-6-3-2-4-7-18/h2-4,6-7,16,19H,5,8-15H2,1H3,(H,27,30)(H,26,28,29)/t19-/m0/s1. The number of aryl methyl sites for hydroxylation is 1. The number of amides is 1. The molecule has 0 aliphatic carbocycles. The number of hydrogen-bond acceptors (Lipinski definition) is 7. The quantitative estimate of drug-likeness (QED) is 0.546. The number of rotatable bonds is 7. The van der Waals surface area contributed by atoms with Crippen LogP contribution < -0.4 is 10.6 Å². The molecule has 0 unspecified atom stereocenters. The zero-order chi connectivity index (χ0) is 22.7. The highest BCUT2D eigenvalue weighted by atomic mass is 32.1. The number of nitrogens with one attached hydrogen (secondary N) is 2. The van der Waals surface area contributed by atoms with Crippen molar-refractivity contribution in [2.45, 2.75) is 44.1 Å². The molecule has 8 heteroatoms. The summed E-state index contributed by atoms with van der Waals surface area (Å²) in [5, 5.41) is 7.58. The third-order valence-corrected chi connectivity index (χ3v) is 8.08. The van der Waals surface area contributed by atoms with Gasteiger partial charge in [0.2, 0.25) is 0 Å². The molecule has 0 radical (unpaired) electrons. The lowest BCUT2D eigenvalue weighted by atomic mass is 9.74. The van der Waals surface area contributed by atoms with E-state index in [1.165, 1.54) is 16.9 Å². The van der Waals surface area contributed by atoms with Gasteiger partial charge in [0.15, 0.2) is 0 Å². The minimum absolute atomic E-state index is 0.0534. The average molecular weight is 467 g/mol. The molecule has 0 bridgehead atoms. The molecular formula is C25H30N4O3S. The second-order valence-corrected chi connectivity index (χ2v) is 9.92. The summed E-state index contributed by atoms with van der Waals surface area (Å²) < 4.78 is 11.3. The zero-order valence-electron chi connectivity index (χ0n) is 18.9. The Bertz CT molecular complexity index is 1110. The molecule has 33 heavy (non-hydrogen) atoms. The molecule has 174 valence electrons. The van der Waals surface area contributed by atoms with E-state index >= 15 is 0 Å². The van der Waals surface area contributed by atoms with Crippen LogP contribution in [0.15, 0.2) is 36.7 Å². The van der Waals surface area contributed by atoms with E-state index in [4.69, 9.17) is 9.47 Å². The molecule has 1 atom stereocenters. The third kappa shape index (κ3) is 4.60. The largest absolute Gasteiger partial charge is 0.381 e. The van der Waals surface area contributed by atoms with Crippen molar-refractivity contribution in [3.8, 4) is 0 Å². The summed E-state index contributed by atoms with van der Waals surface area (Å²) in [5.74, 6) is 0.718. The van der Waals surface area contributed by atoms with Crippen LogP contribution in [-0.2, 0) is 14.9 Å². The molecular weight excluding hydrogens is 436 g/mol. The Morgan fingerprint density at radius 3 is 2.76 bits per heavy atom. The Hall–Kier alpha value is -2.55. The molecule has 2 saturated heterocycles. The molecule has 2 aromatic heterocycles. The van der Waals surface area contributed by atoms with Gasteiger partial charge in [0, 0.05) is 38.3 Å². The number of carbonyl (C=O) groups is 1. The topological polar surface area (TPSA) is 85.4 Å². The Morgan fingerprint density at radius 1 is 1.18 bits per heavy atom. The lowest BCUT2D eigenvalue weighted by Gasteiger charge is -2.38. The highest BCUT2D eigenvalue weighted by Crippen LogP contribution is 2.36. The van der Waals surface area contributed by atoms with E-state index in [9.17, 15) is 4.79 Å². The van der Waals surface area contributed by atoms with Crippen LogP contribution in [0, 0.1) is 6.92 Å². The second kappa shape index (κ2) is 9.75. The summed E-state index contributed by atoms with van der Waals surface area (Å²) in [5.41, 5.74) is 2.07. The van der Waals surface area contributed by atoms with Crippen LogP contribution in [0.2, 0.25) is 0 Å². The molecule has 1 aromatic carbocycles. The van der Waals surface area contributed by atoms with Crippen molar-refractivity contribution in [3.63, 3.8) is 0 Å². The summed E-state index contributed by atoms with van der Waals surface area (Å²) in [6.07, 6.45) is 5.72. The number of carbonyl (C=O) groups excluding carboxylic acids is 1. The number of hydrogen-bond donors (Lipinski definition) is 2. The maximum Gasteiger partial charge on any atom is 0.261 e. The molecule has 0 saturated carbocycles. The van der Waals surface area contributed by atoms with Gasteiger partial charge >= 0.3 is 0 Å². The van der Waals surface area contributed by atoms with Crippen molar-refractivity contribution < 1.29 is 14.3 Å². The van der Waals surface area contributed by atoms with Crippen LogP contribution in [0.5, 0.6) is 0 Å². The lowest BCUT2D eigenvalue weighted by molar-refractivity contribution is 0.0487. The summed E-state index contributed by atoms with van der Waals surface area (Å²) >= 11 is 1.43. The van der Waals surface area contributed by atoms with E-state index in [2.05, 4.69) is 44.9 Å². The fourth-order valence-electron chi connectivity index (χ4n) is 4.89. The van der Waals surface area contributed by atoms with Crippen LogP contribution in [0.25, 0.3) is 10.2 Å². The molecule has 2 aliphatic heterocycles. The predicted octanol–water partition coefficient (Wildman–Crippen LogP) is 4.07. The maximum atomic E-state index is 13.3. The maximum absolute atomic E-state index is 13.3. The highest BCUT2D eigenvalue weighted by Gasteiger charge is 2.35. The molecule has 2 N–H and O–H groups in total. The number of ether oxygens (including phenoxy) is 2. The van der Waals surface area contributed by atoms with E-state index in [1.54, 1.807) is 6.33 Å². The lowest BCUT2D eigenvalue weighted by Crippen LogP contribution is -2.44. The number of anilines is 1. The van der Waals surface area contributed by atoms with Gasteiger partial charge in [-0.3, -0.25) is 4.79 Å². The van der Waals surface area contributed by atoms with Gasteiger partial charge in [-0.2, -0.15) is 0 Å². The summed E-state index contributed by atoms with van der Waals surface area (Å²) in [4.78, 5) is 23.7. The Kier molecular flexibility index (Phi) is 6.57. The van der Waals surface area contributed by atoms with Crippen LogP contribution in [0.3, 0.4) is 0 Å². The first-order valence-corrected chi connectivity index (χ1v) is 12.5. The van der Waals surface area contributed by atoms with Crippen molar-refractivity contribution in [1.29, 1.82) is 0 Å². The predicted molar refractivity (Wildman–Crippen MR) is 130 cm³/mol. The molecule has 2 aliphatic rings. The van der Waals surface area contributed by atoms with Gasteiger partial charge in [-0.1, -0.05) is 30.3 Å². The second-order valence-electron chi connectivity index (χ2n) is 8.92. The van der Waals surface area contributed by atoms with Gasteiger partial charge in [0.25, 0.3) is 5.91 Å². The van der Waals surface area contributed by atoms with E-state index in [0.29, 0.717) is 31.2 Å². The van der Waals surface area contributed by atoms with Crippen LogP contribution in [0.4, 0.5) is 5.82 Å². The molecule has 3 aromatic rings. The molecule has 5 rings (SSSR count). The van der Waals surface area contributed by atoms with Crippen molar-refractivity contribution >= 4 is 33.3 Å². The number of benzene rings is 1. The highest BCUT2D eigenvalue weighted by molar-refractivity contribution is 7.20. The third-order valence-electron chi connectivity index (χ3n) is 6.88. The van der Waals surface area contributed by atoms with Gasteiger partial charge in [-0.15, -0.1) is 11.3 Å². The summed E-state index contributed by atoms with van der Waals surface area (Å²) in [6, 6.07) is 10.5. The number of aromatic nitrogens is 2. The van der Waals surface area contributed by atoms with Gasteiger partial charge in [-0.05, 0) is 43.7 Å². The summed E-state index contributed by atoms with van der Waals surface area (Å²) in [6.45, 7) is 5.52. The minimum atomic E-state index is -0.104. The van der Waals surface area contributed by atoms with E-state index in [0.717, 1.165) is 53.9 Å². The Morgan fingerprint density at radius 2 is 2.00 bits per heavy atom. The Labute approximate surface area is 197 Å². The zero-order valence-corrected chi connectivity index (χ0v) is 19.7. The van der Waals surface area contributed by atoms with Crippen molar-refractivity contribution in [3.05, 3.63) is 52.7 Å². The Balaban J connectivity index is 1.35. The fourth-order valence-corrected chi connectivity index (χ4v) is 5.95. The summed E-state index contributed by atoms with van der Waals surface area (Å²) in [7, 11) is 0. The molecule has 0 spiro atoms. The first-order chi connectivity index (χ1) is 16.2. The van der Waals surface area contributed by atoms with Crippen molar-refractivity contribution in [2.75, 3.05) is 38.2 Å². The molecule has 2 fully saturated rings. The van der Waals surface area contributed by atoms with Crippen LogP contribution in [0.1, 0.15) is 46.5 Å². The van der Waals surface area contributed by atoms with Crippen molar-refractivity contribution in [2.24, 2.45) is 0 Å². The van der Waals surface area contributed by atoms with Gasteiger partial charge < -0.3 is 20.1 Å². The SMILES string of the molecule is Cc1c(C(=O)NCC2(c3ccccc3)CCOCC2)sc2ncnc(NC[C@@H]3CCCO3)c12. The first-order valence-electron chi connectivity index (χ1n) is 11.7. The van der Waals surface area contributed by atoms with Crippen molar-refractivity contribution in [1.82, 2.24) is 15.3 Å². The van der Waals surface area contributed by atoms with Crippen LogP contribution >= 0.6 is 11.3 Å². The number of fused-ring (bicyclic) bond motifs is 1. The molecule has 4 heterocycles. The molecule has 7 nitrogen and oxygen atoms in total. The van der Waals surface area contributed by atoms with Gasteiger partial charge in [-0.25, -0.2) is 9.97 Å². The average Bonchev–Trinajstić information content (AvgIpc) is 3.51. The normalized spacial score (nSPS) is 20.1.